The first-order valence-electron chi connectivity index (χ1n) is 13.7. The zero-order valence-corrected chi connectivity index (χ0v) is 24.8. The molecule has 2 heterocycles. The molecule has 9 nitrogen and oxygen atoms in total. The van der Waals surface area contributed by atoms with Gasteiger partial charge in [-0.3, -0.25) is 0 Å². The van der Waals surface area contributed by atoms with E-state index in [1.807, 2.05) is 0 Å². The first-order valence-corrected chi connectivity index (χ1v) is 19.4. The number of unbranched alkanes of at least 4 members (excludes halogenated alkanes) is 1. The van der Waals surface area contributed by atoms with E-state index >= 15 is 0 Å². The van der Waals surface area contributed by atoms with Crippen LogP contribution in [0.2, 0.25) is 37.3 Å². The number of carbonyl (C=O) groups excluding carboxylic acids is 2. The van der Waals surface area contributed by atoms with Crippen LogP contribution in [0.1, 0.15) is 58.8 Å². The third kappa shape index (κ3) is 13.4. The largest absolute Gasteiger partial charge is 0.508 e. The summed E-state index contributed by atoms with van der Waals surface area (Å²) in [6, 6.07) is 4.50. The molecule has 210 valence electrons. The molecule has 0 saturated carbocycles. The van der Waals surface area contributed by atoms with Crippen LogP contribution in [0.5, 0.6) is 0 Å². The van der Waals surface area contributed by atoms with Gasteiger partial charge in [0.05, 0.1) is 26.4 Å². The normalized spacial score (nSPS) is 28.3. The fraction of sp³-hybridized carbons (Fsp3) is 0.920. The summed E-state index contributed by atoms with van der Waals surface area (Å²) in [5.74, 6) is 0. The van der Waals surface area contributed by atoms with Crippen molar-refractivity contribution in [2.24, 2.45) is 0 Å². The van der Waals surface area contributed by atoms with Crippen molar-refractivity contribution in [3.05, 3.63) is 0 Å². The minimum atomic E-state index is -1.65. The first-order chi connectivity index (χ1) is 17.2. The molecular weight excluding hydrogens is 500 g/mol. The van der Waals surface area contributed by atoms with Gasteiger partial charge < -0.3 is 32.5 Å². The van der Waals surface area contributed by atoms with Crippen molar-refractivity contribution in [2.45, 2.75) is 108 Å². The van der Waals surface area contributed by atoms with Crippen LogP contribution in [0.4, 0.5) is 9.59 Å². The molecule has 0 aromatic carbocycles. The molecule has 0 aromatic heterocycles. The zero-order valence-electron chi connectivity index (χ0n) is 22.8. The Bertz CT molecular complexity index is 653. The van der Waals surface area contributed by atoms with Crippen LogP contribution in [-0.4, -0.2) is 80.8 Å². The molecule has 0 aromatic rings. The highest BCUT2D eigenvalue weighted by Crippen LogP contribution is 2.31. The van der Waals surface area contributed by atoms with Crippen molar-refractivity contribution in [3.63, 3.8) is 0 Å². The molecule has 0 N–H and O–H groups in total. The predicted molar refractivity (Wildman–Crippen MR) is 141 cm³/mol. The van der Waals surface area contributed by atoms with Gasteiger partial charge in [0.2, 0.25) is 0 Å². The van der Waals surface area contributed by atoms with Crippen LogP contribution < -0.4 is 0 Å². The van der Waals surface area contributed by atoms with Gasteiger partial charge in [0.1, 0.15) is 13.2 Å². The SMILES string of the molecule is CC1CCC[Si](C)(CCCCOC(=O)OCCOCCOC(=O)OCCC[Si]2(C)CCCC(C)O2)O1. The highest BCUT2D eigenvalue weighted by Gasteiger charge is 2.34. The molecule has 2 rings (SSSR count). The Hall–Kier alpha value is -1.15. The van der Waals surface area contributed by atoms with Crippen molar-refractivity contribution in [3.8, 4) is 0 Å². The lowest BCUT2D eigenvalue weighted by atomic mass is 10.2. The smallest absolute Gasteiger partial charge is 0.434 e. The second-order valence-corrected chi connectivity index (χ2v) is 18.9. The monoisotopic (exact) mass is 548 g/mol. The molecule has 36 heavy (non-hydrogen) atoms. The Morgan fingerprint density at radius 2 is 1.11 bits per heavy atom. The number of rotatable bonds is 15. The lowest BCUT2D eigenvalue weighted by Gasteiger charge is -2.35. The average Bonchev–Trinajstić information content (AvgIpc) is 2.80. The number of ether oxygens (including phenoxy) is 5. The Kier molecular flexibility index (Phi) is 14.4. The summed E-state index contributed by atoms with van der Waals surface area (Å²) in [5, 5.41) is 0. The van der Waals surface area contributed by atoms with Gasteiger partial charge in [-0.1, -0.05) is 19.3 Å². The van der Waals surface area contributed by atoms with E-state index < -0.39 is 28.9 Å². The molecule has 2 aliphatic rings. The minimum Gasteiger partial charge on any atom is -0.434 e. The van der Waals surface area contributed by atoms with E-state index in [0.717, 1.165) is 44.2 Å². The van der Waals surface area contributed by atoms with Gasteiger partial charge in [-0.15, -0.1) is 0 Å². The highest BCUT2D eigenvalue weighted by molar-refractivity contribution is 6.73. The second-order valence-electron chi connectivity index (χ2n) is 10.6. The van der Waals surface area contributed by atoms with Gasteiger partial charge in [0, 0.05) is 12.2 Å². The van der Waals surface area contributed by atoms with Crippen molar-refractivity contribution in [1.29, 1.82) is 0 Å². The third-order valence-corrected chi connectivity index (χ3v) is 14.5. The van der Waals surface area contributed by atoms with Crippen LogP contribution >= 0.6 is 0 Å². The molecule has 2 aliphatic heterocycles. The Morgan fingerprint density at radius 3 is 1.61 bits per heavy atom. The standard InChI is InChI=1S/C25H48O9Si2/c1-22-10-7-19-35(3,33-22)18-6-5-12-29-24(26)31-16-14-28-15-17-32-25(27)30-13-9-21-36(4)20-8-11-23(2)34-36/h22-23H,5-21H2,1-4H3. The number of hydrogen-bond donors (Lipinski definition) is 0. The van der Waals surface area contributed by atoms with Crippen molar-refractivity contribution in [2.75, 3.05) is 39.6 Å². The van der Waals surface area contributed by atoms with E-state index in [1.54, 1.807) is 0 Å². The van der Waals surface area contributed by atoms with Crippen molar-refractivity contribution >= 4 is 28.9 Å². The summed E-state index contributed by atoms with van der Waals surface area (Å²) in [4.78, 5) is 23.3. The molecule has 0 bridgehead atoms. The highest BCUT2D eigenvalue weighted by atomic mass is 28.4. The van der Waals surface area contributed by atoms with Crippen LogP contribution in [0.3, 0.4) is 0 Å². The van der Waals surface area contributed by atoms with E-state index in [2.05, 4.69) is 26.9 Å². The molecule has 4 unspecified atom stereocenters. The van der Waals surface area contributed by atoms with Crippen LogP contribution in [0.15, 0.2) is 0 Å². The Balaban J connectivity index is 1.35. The van der Waals surface area contributed by atoms with Gasteiger partial charge in [-0.25, -0.2) is 9.59 Å². The number of carbonyl (C=O) groups is 2. The Labute approximate surface area is 219 Å². The van der Waals surface area contributed by atoms with Gasteiger partial charge in [0.25, 0.3) is 0 Å². The van der Waals surface area contributed by atoms with Crippen molar-refractivity contribution < 1.29 is 42.1 Å². The molecule has 0 spiro atoms. The van der Waals surface area contributed by atoms with E-state index in [0.29, 0.717) is 25.4 Å². The van der Waals surface area contributed by atoms with Crippen LogP contribution in [0, 0.1) is 0 Å². The third-order valence-electron chi connectivity index (χ3n) is 6.89. The van der Waals surface area contributed by atoms with E-state index in [-0.39, 0.29) is 26.4 Å². The summed E-state index contributed by atoms with van der Waals surface area (Å²) in [6.07, 6.45) is 6.77. The summed E-state index contributed by atoms with van der Waals surface area (Å²) in [6.45, 7) is 10.1. The molecule has 0 aliphatic carbocycles. The molecule has 0 amide bonds. The fourth-order valence-corrected chi connectivity index (χ4v) is 12.0. The van der Waals surface area contributed by atoms with Gasteiger partial charge in [0.15, 0.2) is 16.6 Å². The maximum absolute atomic E-state index is 11.7. The maximum Gasteiger partial charge on any atom is 0.508 e. The van der Waals surface area contributed by atoms with Gasteiger partial charge >= 0.3 is 12.3 Å². The topological polar surface area (TPSA) is 98.8 Å². The predicted octanol–water partition coefficient (Wildman–Crippen LogP) is 6.03. The Morgan fingerprint density at radius 1 is 0.667 bits per heavy atom. The zero-order chi connectivity index (χ0) is 26.3. The summed E-state index contributed by atoms with van der Waals surface area (Å²) in [5.41, 5.74) is 0. The second kappa shape index (κ2) is 16.6. The van der Waals surface area contributed by atoms with Crippen molar-refractivity contribution in [1.82, 2.24) is 0 Å². The summed E-state index contributed by atoms with van der Waals surface area (Å²) < 4.78 is 37.9. The molecule has 2 fully saturated rings. The molecule has 0 radical (unpaired) electrons. The van der Waals surface area contributed by atoms with E-state index in [4.69, 9.17) is 32.5 Å². The first kappa shape index (κ1) is 31.1. The van der Waals surface area contributed by atoms with Gasteiger partial charge in [-0.05, 0) is 76.8 Å². The van der Waals surface area contributed by atoms with Crippen LogP contribution in [0.25, 0.3) is 0 Å². The summed E-state index contributed by atoms with van der Waals surface area (Å²) >= 11 is 0. The summed E-state index contributed by atoms with van der Waals surface area (Å²) in [7, 11) is -3.22. The lowest BCUT2D eigenvalue weighted by Crippen LogP contribution is -2.41. The van der Waals surface area contributed by atoms with E-state index in [9.17, 15) is 9.59 Å². The average molecular weight is 549 g/mol. The molecule has 2 saturated heterocycles. The number of hydrogen-bond acceptors (Lipinski definition) is 9. The molecule has 11 heteroatoms. The van der Waals surface area contributed by atoms with Crippen LogP contribution in [-0.2, 0) is 32.5 Å². The quantitative estimate of drug-likeness (QED) is 0.138. The lowest BCUT2D eigenvalue weighted by molar-refractivity contribution is 0.00594. The van der Waals surface area contributed by atoms with Gasteiger partial charge in [-0.2, -0.15) is 0 Å². The maximum atomic E-state index is 11.7. The van der Waals surface area contributed by atoms with E-state index in [1.165, 1.54) is 24.9 Å². The fourth-order valence-electron chi connectivity index (χ4n) is 5.01. The minimum absolute atomic E-state index is 0.0844. The molecular formula is C25H48O9Si2. The molecule has 4 atom stereocenters.